The molecule has 0 atom stereocenters. The van der Waals surface area contributed by atoms with Gasteiger partial charge in [-0.25, -0.2) is 0 Å². The van der Waals surface area contributed by atoms with Gasteiger partial charge in [0, 0.05) is 5.56 Å². The number of hydrogen-bond donors (Lipinski definition) is 0. The summed E-state index contributed by atoms with van der Waals surface area (Å²) in [5.41, 5.74) is 0.620. The molecule has 0 unspecified atom stereocenters. The van der Waals surface area contributed by atoms with Gasteiger partial charge in [-0.05, 0) is 30.0 Å². The Labute approximate surface area is 181 Å². The molecule has 0 aromatic heterocycles. The van der Waals surface area contributed by atoms with E-state index in [-0.39, 0.29) is 48.8 Å². The fraction of sp³-hybridized carbons (Fsp3) is 0.600. The molecule has 0 aliphatic rings. The number of carboxylic acids is 2. The van der Waals surface area contributed by atoms with E-state index in [2.05, 4.69) is 6.92 Å². The molecule has 6 heteroatoms. The SMILES string of the molecule is CCCCCCCCCCCCc1cc(C(=O)[O-])ccc1C(=O)[O-].[Li+].[Li+]. The maximum Gasteiger partial charge on any atom is 1.00 e. The van der Waals surface area contributed by atoms with Gasteiger partial charge in [0.2, 0.25) is 0 Å². The van der Waals surface area contributed by atoms with Gasteiger partial charge in [0.15, 0.2) is 0 Å². The fourth-order valence-electron chi connectivity index (χ4n) is 2.93. The Bertz CT molecular complexity index is 533. The third-order valence-electron chi connectivity index (χ3n) is 4.36. The average molecular weight is 346 g/mol. The molecule has 0 aliphatic carbocycles. The summed E-state index contributed by atoms with van der Waals surface area (Å²) < 4.78 is 0. The van der Waals surface area contributed by atoms with Gasteiger partial charge in [-0.2, -0.15) is 0 Å². The minimum Gasteiger partial charge on any atom is -0.545 e. The summed E-state index contributed by atoms with van der Waals surface area (Å²) in [7, 11) is 0. The second-order valence-corrected chi connectivity index (χ2v) is 6.38. The van der Waals surface area contributed by atoms with Crippen LogP contribution in [-0.2, 0) is 6.42 Å². The molecule has 0 saturated carbocycles. The monoisotopic (exact) mass is 346 g/mol. The number of carboxylic acid groups (broad SMARTS) is 2. The van der Waals surface area contributed by atoms with Gasteiger partial charge in [-0.1, -0.05) is 76.8 Å². The Hall–Kier alpha value is -0.645. The van der Waals surface area contributed by atoms with Crippen molar-refractivity contribution >= 4 is 11.9 Å². The van der Waals surface area contributed by atoms with E-state index in [0.29, 0.717) is 12.0 Å². The van der Waals surface area contributed by atoms with Gasteiger partial charge in [0.1, 0.15) is 0 Å². The minimum absolute atomic E-state index is 0. The van der Waals surface area contributed by atoms with Crippen LogP contribution < -0.4 is 47.9 Å². The second-order valence-electron chi connectivity index (χ2n) is 6.38. The smallest absolute Gasteiger partial charge is 0.545 e. The zero-order chi connectivity index (χ0) is 17.8. The number of aromatic carboxylic acids is 2. The van der Waals surface area contributed by atoms with Crippen molar-refractivity contribution in [2.45, 2.75) is 77.6 Å². The summed E-state index contributed by atoms with van der Waals surface area (Å²) in [5.74, 6) is -2.55. The third kappa shape index (κ3) is 11.1. The summed E-state index contributed by atoms with van der Waals surface area (Å²) in [4.78, 5) is 22.0. The van der Waals surface area contributed by atoms with Gasteiger partial charge in [-0.15, -0.1) is 0 Å². The van der Waals surface area contributed by atoms with Gasteiger partial charge >= 0.3 is 37.7 Å². The van der Waals surface area contributed by atoms with E-state index in [0.717, 1.165) is 19.3 Å². The van der Waals surface area contributed by atoms with Crippen molar-refractivity contribution in [2.24, 2.45) is 0 Å². The molecule has 0 radical (unpaired) electrons. The molecular weight excluding hydrogens is 318 g/mol. The Morgan fingerprint density at radius 3 is 1.73 bits per heavy atom. The molecule has 0 heterocycles. The van der Waals surface area contributed by atoms with Crippen LogP contribution in [0, 0.1) is 0 Å². The number of rotatable bonds is 13. The van der Waals surface area contributed by atoms with Crippen molar-refractivity contribution in [3.8, 4) is 0 Å². The summed E-state index contributed by atoms with van der Waals surface area (Å²) in [6.07, 6.45) is 12.6. The van der Waals surface area contributed by atoms with E-state index < -0.39 is 11.9 Å². The van der Waals surface area contributed by atoms with Crippen LogP contribution in [0.3, 0.4) is 0 Å². The zero-order valence-electron chi connectivity index (χ0n) is 16.6. The molecule has 0 bridgehead atoms. The number of benzene rings is 1. The van der Waals surface area contributed by atoms with E-state index >= 15 is 0 Å². The first kappa shape index (κ1) is 27.6. The molecule has 0 amide bonds. The molecule has 0 aliphatic heterocycles. The second kappa shape index (κ2) is 16.5. The van der Waals surface area contributed by atoms with E-state index in [4.69, 9.17) is 0 Å². The van der Waals surface area contributed by atoms with Crippen molar-refractivity contribution in [1.29, 1.82) is 0 Å². The van der Waals surface area contributed by atoms with Crippen LogP contribution in [0.25, 0.3) is 0 Å². The number of carbonyl (C=O) groups is 2. The van der Waals surface area contributed by atoms with Crippen LogP contribution in [0.2, 0.25) is 0 Å². The van der Waals surface area contributed by atoms with E-state index in [9.17, 15) is 19.8 Å². The van der Waals surface area contributed by atoms with Crippen molar-refractivity contribution in [1.82, 2.24) is 0 Å². The van der Waals surface area contributed by atoms with Crippen LogP contribution in [0.4, 0.5) is 0 Å². The maximum absolute atomic E-state index is 11.1. The molecule has 1 aromatic carbocycles. The first-order valence-corrected chi connectivity index (χ1v) is 9.12. The van der Waals surface area contributed by atoms with Crippen LogP contribution in [0.15, 0.2) is 18.2 Å². The molecule has 134 valence electrons. The molecule has 0 saturated heterocycles. The normalized spacial score (nSPS) is 9.88. The first-order chi connectivity index (χ1) is 11.6. The van der Waals surface area contributed by atoms with Gasteiger partial charge in [0.05, 0.1) is 11.9 Å². The van der Waals surface area contributed by atoms with E-state index in [1.807, 2.05) is 0 Å². The molecule has 0 N–H and O–H groups in total. The molecule has 0 spiro atoms. The van der Waals surface area contributed by atoms with Crippen molar-refractivity contribution in [3.63, 3.8) is 0 Å². The summed E-state index contributed by atoms with van der Waals surface area (Å²) in [6, 6.07) is 3.95. The predicted octanol–water partition coefficient (Wildman–Crippen LogP) is -3.11. The molecule has 1 aromatic rings. The fourth-order valence-corrected chi connectivity index (χ4v) is 2.93. The van der Waals surface area contributed by atoms with Gasteiger partial charge < -0.3 is 19.8 Å². The molecule has 4 nitrogen and oxygen atoms in total. The van der Waals surface area contributed by atoms with Crippen LogP contribution in [-0.4, -0.2) is 11.9 Å². The molecule has 26 heavy (non-hydrogen) atoms. The van der Waals surface area contributed by atoms with Crippen molar-refractivity contribution in [2.75, 3.05) is 0 Å². The van der Waals surface area contributed by atoms with E-state index in [1.165, 1.54) is 63.1 Å². The predicted molar refractivity (Wildman–Crippen MR) is 90.7 cm³/mol. The molecule has 0 fully saturated rings. The van der Waals surface area contributed by atoms with Crippen molar-refractivity contribution < 1.29 is 57.5 Å². The number of carbonyl (C=O) groups excluding carboxylic acids is 2. The largest absolute Gasteiger partial charge is 1.00 e. The summed E-state index contributed by atoms with van der Waals surface area (Å²) >= 11 is 0. The standard InChI is InChI=1S/C20H30O4.2Li/c1-2-3-4-5-6-7-8-9-10-11-12-16-15-17(19(21)22)13-14-18(16)20(23)24;;/h13-15H,2-12H2,1H3,(H,21,22)(H,23,24);;/q;2*+1/p-2. The Kier molecular flexibility index (Phi) is 17.5. The quantitative estimate of drug-likeness (QED) is 0.280. The molecule has 1 rings (SSSR count). The third-order valence-corrected chi connectivity index (χ3v) is 4.36. The number of hydrogen-bond acceptors (Lipinski definition) is 4. The maximum atomic E-state index is 11.1. The van der Waals surface area contributed by atoms with Crippen LogP contribution >= 0.6 is 0 Å². The van der Waals surface area contributed by atoms with Gasteiger partial charge in [0.25, 0.3) is 0 Å². The Balaban J connectivity index is 0. The van der Waals surface area contributed by atoms with E-state index in [1.54, 1.807) is 0 Å². The number of aryl methyl sites for hydroxylation is 1. The first-order valence-electron chi connectivity index (χ1n) is 9.12. The topological polar surface area (TPSA) is 80.3 Å². The average Bonchev–Trinajstić information content (AvgIpc) is 2.56. The van der Waals surface area contributed by atoms with Crippen LogP contribution in [0.1, 0.15) is 97.4 Å². The van der Waals surface area contributed by atoms with Crippen LogP contribution in [0.5, 0.6) is 0 Å². The minimum atomic E-state index is -1.29. The summed E-state index contributed by atoms with van der Waals surface area (Å²) in [5, 5.41) is 22.0. The van der Waals surface area contributed by atoms with Gasteiger partial charge in [-0.3, -0.25) is 0 Å². The molecular formula is C20H28Li2O4. The Morgan fingerprint density at radius 2 is 1.27 bits per heavy atom. The summed E-state index contributed by atoms with van der Waals surface area (Å²) in [6.45, 7) is 2.22. The Morgan fingerprint density at radius 1 is 0.769 bits per heavy atom. The number of unbranched alkanes of at least 4 members (excludes halogenated alkanes) is 9. The zero-order valence-corrected chi connectivity index (χ0v) is 16.6. The van der Waals surface area contributed by atoms with Crippen molar-refractivity contribution in [3.05, 3.63) is 34.9 Å².